The monoisotopic (exact) mass is 657 g/mol. The Labute approximate surface area is 278 Å². The van der Waals surface area contributed by atoms with Gasteiger partial charge in [-0.25, -0.2) is 0 Å². The summed E-state index contributed by atoms with van der Waals surface area (Å²) in [4.78, 5) is 44.2. The summed E-state index contributed by atoms with van der Waals surface area (Å²) in [5.74, 6) is 3.63. The van der Waals surface area contributed by atoms with Crippen molar-refractivity contribution in [3.63, 3.8) is 0 Å². The van der Waals surface area contributed by atoms with Gasteiger partial charge in [-0.05, 0) is 96.4 Å². The van der Waals surface area contributed by atoms with Crippen LogP contribution in [0.15, 0.2) is 0 Å². The molecule has 46 heavy (non-hydrogen) atoms. The Morgan fingerprint density at radius 1 is 0.609 bits per heavy atom. The van der Waals surface area contributed by atoms with Gasteiger partial charge in [0, 0.05) is 6.54 Å². The molecule has 0 aromatic heterocycles. The van der Waals surface area contributed by atoms with E-state index >= 15 is 0 Å². The predicted octanol–water partition coefficient (Wildman–Crippen LogP) is 4.31. The van der Waals surface area contributed by atoms with Crippen molar-refractivity contribution in [3.8, 4) is 24.7 Å². The van der Waals surface area contributed by atoms with Gasteiger partial charge in [0.15, 0.2) is 6.61 Å². The van der Waals surface area contributed by atoms with Crippen molar-refractivity contribution in [1.82, 2.24) is 5.32 Å². The molecule has 0 aromatic carbocycles. The Morgan fingerprint density at radius 2 is 0.957 bits per heavy atom. The zero-order chi connectivity index (χ0) is 37.4. The first-order valence-corrected chi connectivity index (χ1v) is 15.3. The van der Waals surface area contributed by atoms with Gasteiger partial charge >= 0.3 is 23.9 Å². The first-order chi connectivity index (χ1) is 20.7. The maximum atomic E-state index is 11.3. The van der Waals surface area contributed by atoms with Gasteiger partial charge in [-0.3, -0.25) is 19.2 Å². The molecule has 0 heterocycles. The fourth-order valence-corrected chi connectivity index (χ4v) is 1.94. The second-order valence-electron chi connectivity index (χ2n) is 14.2. The molecule has 0 aliphatic heterocycles. The maximum Gasteiger partial charge on any atom is 0.312 e. The number of aliphatic hydroxyl groups is 2. The van der Waals surface area contributed by atoms with Crippen molar-refractivity contribution in [3.05, 3.63) is 0 Å². The molecule has 0 bridgehead atoms. The second kappa shape index (κ2) is 25.0. The summed E-state index contributed by atoms with van der Waals surface area (Å²) in [5.41, 5.74) is -1.81. The number of aliphatic hydroxyl groups excluding tert-OH is 2. The molecule has 0 aromatic rings. The molecule has 0 spiro atoms. The van der Waals surface area contributed by atoms with Crippen LogP contribution in [0.2, 0.25) is 0 Å². The molecule has 0 fully saturated rings. The topological polar surface area (TPSA) is 158 Å². The molecule has 11 heteroatoms. The van der Waals surface area contributed by atoms with Crippen LogP contribution in [0.1, 0.15) is 103 Å². The van der Waals surface area contributed by atoms with Crippen molar-refractivity contribution >= 4 is 23.9 Å². The summed E-state index contributed by atoms with van der Waals surface area (Å²) in [6.45, 7) is 26.5. The molecular weight excluding hydrogens is 594 g/mol. The third-order valence-electron chi connectivity index (χ3n) is 4.90. The summed E-state index contributed by atoms with van der Waals surface area (Å²) < 4.78 is 19.2. The number of hydrogen-bond acceptors (Lipinski definition) is 11. The molecule has 0 rings (SSSR count). The minimum Gasteiger partial charge on any atom is -0.466 e. The molecule has 3 N–H and O–H groups in total. The third kappa shape index (κ3) is 32.3. The quantitative estimate of drug-likeness (QED) is 0.133. The molecule has 268 valence electrons. The molecule has 11 nitrogen and oxygen atoms in total. The number of nitrogens with one attached hydrogen (secondary N) is 1. The second-order valence-corrected chi connectivity index (χ2v) is 14.2. The number of rotatable bonds is 10. The third-order valence-corrected chi connectivity index (χ3v) is 4.90. The SMILES string of the molecule is C#CCNCC(O)COC(=O)C(C)(C)C.C#CCOC(=O)C(C)(C)C.CCC(O)COC(=O)C(C)(C)C.CCOC(=O)C(C)(C)C. The van der Waals surface area contributed by atoms with Crippen LogP contribution in [0.4, 0.5) is 0 Å². The lowest BCUT2D eigenvalue weighted by Crippen LogP contribution is -2.33. The average molecular weight is 658 g/mol. The highest BCUT2D eigenvalue weighted by Crippen LogP contribution is 2.17. The van der Waals surface area contributed by atoms with Crippen LogP contribution in [-0.4, -0.2) is 85.8 Å². The van der Waals surface area contributed by atoms with Crippen molar-refractivity contribution in [1.29, 1.82) is 0 Å². The Balaban J connectivity index is -0.000000261. The first-order valence-electron chi connectivity index (χ1n) is 15.3. The number of esters is 4. The van der Waals surface area contributed by atoms with Crippen molar-refractivity contribution in [2.24, 2.45) is 21.7 Å². The summed E-state index contributed by atoms with van der Waals surface area (Å²) in [7, 11) is 0. The van der Waals surface area contributed by atoms with E-state index in [1.54, 1.807) is 62.3 Å². The van der Waals surface area contributed by atoms with Crippen LogP contribution in [0.25, 0.3) is 0 Å². The number of terminal acetylenes is 2. The standard InChI is InChI=1S/C11H19NO3.C9H18O3.C8H12O2.C7H14O2/c1-5-6-12-7-9(13)8-15-10(14)11(2,3)4;1-5-7(10)6-12-8(11)9(2,3)4;1-5-6-10-7(9)8(2,3)4;1-5-9-6(8)7(2,3)4/h1,9,12-13H,6-8H2,2-4H3;7,10H,5-6H2,1-4H3;1H,6H2,2-4H3;5H2,1-4H3. The summed E-state index contributed by atoms with van der Waals surface area (Å²) in [5, 5.41) is 21.3. The lowest BCUT2D eigenvalue weighted by Gasteiger charge is -2.18. The number of hydrogen-bond donors (Lipinski definition) is 3. The molecule has 2 unspecified atom stereocenters. The molecule has 0 saturated heterocycles. The maximum absolute atomic E-state index is 11.3. The Hall–Kier alpha value is -3.12. The van der Waals surface area contributed by atoms with E-state index in [0.29, 0.717) is 26.1 Å². The Kier molecular flexibility index (Phi) is 27.1. The summed E-state index contributed by atoms with van der Waals surface area (Å²) in [6, 6.07) is 0. The molecule has 0 radical (unpaired) electrons. The Morgan fingerprint density at radius 3 is 1.24 bits per heavy atom. The molecule has 0 aliphatic rings. The van der Waals surface area contributed by atoms with Gasteiger partial charge in [0.25, 0.3) is 0 Å². The van der Waals surface area contributed by atoms with E-state index in [1.165, 1.54) is 0 Å². The highest BCUT2D eigenvalue weighted by atomic mass is 16.6. The van der Waals surface area contributed by atoms with Crippen molar-refractivity contribution < 1.29 is 48.3 Å². The number of carbonyl (C=O) groups excluding carboxylic acids is 4. The van der Waals surface area contributed by atoms with Gasteiger partial charge < -0.3 is 34.5 Å². The van der Waals surface area contributed by atoms with E-state index in [-0.39, 0.29) is 49.1 Å². The number of ether oxygens (including phenoxy) is 4. The molecule has 0 saturated carbocycles. The largest absolute Gasteiger partial charge is 0.466 e. The lowest BCUT2D eigenvalue weighted by molar-refractivity contribution is -0.156. The highest BCUT2D eigenvalue weighted by molar-refractivity contribution is 5.76. The summed E-state index contributed by atoms with van der Waals surface area (Å²) in [6.07, 6.45) is 9.27. The van der Waals surface area contributed by atoms with Crippen LogP contribution in [0.5, 0.6) is 0 Å². The molecule has 2 atom stereocenters. The fourth-order valence-electron chi connectivity index (χ4n) is 1.94. The van der Waals surface area contributed by atoms with E-state index in [2.05, 4.69) is 21.9 Å². The van der Waals surface area contributed by atoms with E-state index in [9.17, 15) is 24.3 Å². The van der Waals surface area contributed by atoms with Crippen LogP contribution in [0, 0.1) is 46.3 Å². The van der Waals surface area contributed by atoms with E-state index in [1.807, 2.05) is 34.6 Å². The molecule has 0 amide bonds. The fraction of sp³-hybridized carbons (Fsp3) is 0.771. The van der Waals surface area contributed by atoms with Gasteiger partial charge in [-0.15, -0.1) is 12.8 Å². The van der Waals surface area contributed by atoms with E-state index in [0.717, 1.165) is 0 Å². The molecule has 0 aliphatic carbocycles. The normalized spacial score (nSPS) is 12.3. The van der Waals surface area contributed by atoms with Crippen LogP contribution in [0.3, 0.4) is 0 Å². The average Bonchev–Trinajstić information content (AvgIpc) is 2.92. The Bertz CT molecular complexity index is 949. The first kappa shape index (κ1) is 49.8. The zero-order valence-electron chi connectivity index (χ0n) is 30.9. The van der Waals surface area contributed by atoms with Gasteiger partial charge in [0.1, 0.15) is 19.3 Å². The van der Waals surface area contributed by atoms with Crippen molar-refractivity contribution in [2.45, 2.75) is 116 Å². The minimum atomic E-state index is -0.718. The van der Waals surface area contributed by atoms with Gasteiger partial charge in [0.2, 0.25) is 0 Å². The minimum absolute atomic E-state index is 0.00628. The van der Waals surface area contributed by atoms with Gasteiger partial charge in [0.05, 0.1) is 40.9 Å². The van der Waals surface area contributed by atoms with Crippen LogP contribution >= 0.6 is 0 Å². The van der Waals surface area contributed by atoms with Gasteiger partial charge in [-0.2, -0.15) is 0 Å². The van der Waals surface area contributed by atoms with Gasteiger partial charge in [-0.1, -0.05) is 18.8 Å². The zero-order valence-corrected chi connectivity index (χ0v) is 30.9. The smallest absolute Gasteiger partial charge is 0.312 e. The van der Waals surface area contributed by atoms with Crippen molar-refractivity contribution in [2.75, 3.05) is 39.5 Å². The van der Waals surface area contributed by atoms with Crippen LogP contribution in [-0.2, 0) is 38.1 Å². The van der Waals surface area contributed by atoms with E-state index < -0.39 is 28.5 Å². The lowest BCUT2D eigenvalue weighted by atomic mass is 9.97. The predicted molar refractivity (Wildman–Crippen MR) is 180 cm³/mol. The highest BCUT2D eigenvalue weighted by Gasteiger charge is 2.25. The summed E-state index contributed by atoms with van der Waals surface area (Å²) >= 11 is 0. The van der Waals surface area contributed by atoms with Crippen LogP contribution < -0.4 is 5.32 Å². The molecular formula is C35H63NO10. The number of carbonyl (C=O) groups is 4. The van der Waals surface area contributed by atoms with E-state index in [4.69, 9.17) is 32.2 Å².